The van der Waals surface area contributed by atoms with Gasteiger partial charge in [0.15, 0.2) is 0 Å². The van der Waals surface area contributed by atoms with Crippen LogP contribution in [0.1, 0.15) is 10.4 Å². The minimum atomic E-state index is -0.802. The van der Waals surface area contributed by atoms with Crippen LogP contribution in [-0.2, 0) is 9.59 Å². The van der Waals surface area contributed by atoms with Gasteiger partial charge in [0.2, 0.25) is 0 Å². The Labute approximate surface area is 106 Å². The fraction of sp³-hybridized carbons (Fsp3) is 0.182. The van der Waals surface area contributed by atoms with Crippen LogP contribution in [0.3, 0.4) is 0 Å². The predicted molar refractivity (Wildman–Crippen MR) is 63.2 cm³/mol. The van der Waals surface area contributed by atoms with Gasteiger partial charge in [-0.25, -0.2) is 0 Å². The molecule has 6 heteroatoms. The quantitative estimate of drug-likeness (QED) is 0.608. The Bertz CT molecular complexity index is 484. The molecule has 0 aliphatic carbocycles. The van der Waals surface area contributed by atoms with Gasteiger partial charge in [0.25, 0.3) is 5.91 Å². The lowest BCUT2D eigenvalue weighted by atomic mass is 10.2. The van der Waals surface area contributed by atoms with Gasteiger partial charge < -0.3 is 5.32 Å². The van der Waals surface area contributed by atoms with Gasteiger partial charge in [0.1, 0.15) is 0 Å². The molecule has 1 aliphatic rings. The Morgan fingerprint density at radius 2 is 1.88 bits per heavy atom. The number of hydrogen-bond donors (Lipinski definition) is 1. The van der Waals surface area contributed by atoms with Crippen molar-refractivity contribution in [3.8, 4) is 0 Å². The number of amides is 3. The van der Waals surface area contributed by atoms with Crippen molar-refractivity contribution in [1.82, 2.24) is 10.2 Å². The molecule has 1 aromatic rings. The molecule has 1 heterocycles. The molecule has 1 aromatic carbocycles. The number of benzene rings is 1. The lowest BCUT2D eigenvalue weighted by Gasteiger charge is -2.24. The van der Waals surface area contributed by atoms with Crippen molar-refractivity contribution in [2.24, 2.45) is 0 Å². The van der Waals surface area contributed by atoms with Gasteiger partial charge in [-0.2, -0.15) is 0 Å². The smallest absolute Gasteiger partial charge is 0.318 e. The third-order valence-electron chi connectivity index (χ3n) is 2.40. The monoisotopic (exact) mass is 296 g/mol. The molecule has 1 saturated heterocycles. The van der Waals surface area contributed by atoms with Crippen LogP contribution in [0.5, 0.6) is 0 Å². The number of nitrogens with one attached hydrogen (secondary N) is 1. The van der Waals surface area contributed by atoms with Gasteiger partial charge in [-0.3, -0.25) is 19.3 Å². The van der Waals surface area contributed by atoms with Gasteiger partial charge in [-0.15, -0.1) is 0 Å². The first-order chi connectivity index (χ1) is 8.09. The molecule has 0 aromatic heterocycles. The second-order valence-electron chi connectivity index (χ2n) is 3.52. The first-order valence-electron chi connectivity index (χ1n) is 4.99. The summed E-state index contributed by atoms with van der Waals surface area (Å²) >= 11 is 3.26. The number of halogens is 1. The molecule has 0 radical (unpaired) electrons. The van der Waals surface area contributed by atoms with Crippen LogP contribution in [0, 0.1) is 0 Å². The van der Waals surface area contributed by atoms with Crippen LogP contribution in [0.2, 0.25) is 0 Å². The molecule has 5 nitrogen and oxygen atoms in total. The van der Waals surface area contributed by atoms with Crippen LogP contribution in [0.25, 0.3) is 0 Å². The summed E-state index contributed by atoms with van der Waals surface area (Å²) in [6.45, 7) is 0.506. The van der Waals surface area contributed by atoms with Crippen molar-refractivity contribution in [3.05, 3.63) is 34.3 Å². The highest BCUT2D eigenvalue weighted by Gasteiger charge is 2.31. The molecule has 1 aliphatic heterocycles. The molecule has 0 saturated carbocycles. The molecule has 0 atom stereocenters. The Morgan fingerprint density at radius 3 is 2.53 bits per heavy atom. The van der Waals surface area contributed by atoms with E-state index < -0.39 is 17.7 Å². The summed E-state index contributed by atoms with van der Waals surface area (Å²) in [6.07, 6.45) is 0. The lowest BCUT2D eigenvalue weighted by Crippen LogP contribution is -2.54. The van der Waals surface area contributed by atoms with E-state index in [0.717, 1.165) is 9.37 Å². The first kappa shape index (κ1) is 11.8. The van der Waals surface area contributed by atoms with Gasteiger partial charge in [-0.05, 0) is 24.3 Å². The zero-order chi connectivity index (χ0) is 12.4. The fourth-order valence-corrected chi connectivity index (χ4v) is 1.79. The summed E-state index contributed by atoms with van der Waals surface area (Å²) in [5.74, 6) is -1.98. The van der Waals surface area contributed by atoms with Gasteiger partial charge in [0.05, 0.1) is 0 Å². The number of rotatable bonds is 1. The highest BCUT2D eigenvalue weighted by molar-refractivity contribution is 9.10. The van der Waals surface area contributed by atoms with E-state index in [4.69, 9.17) is 0 Å². The number of carbonyl (C=O) groups is 3. The summed E-state index contributed by atoms with van der Waals surface area (Å²) in [5, 5.41) is 2.39. The van der Waals surface area contributed by atoms with Gasteiger partial charge in [0, 0.05) is 23.1 Å². The molecule has 0 unspecified atom stereocenters. The van der Waals surface area contributed by atoms with Crippen LogP contribution in [-0.4, -0.2) is 35.7 Å². The maximum atomic E-state index is 12.0. The topological polar surface area (TPSA) is 66.5 Å². The van der Waals surface area contributed by atoms with Crippen LogP contribution in [0.15, 0.2) is 28.7 Å². The number of carbonyl (C=O) groups excluding carboxylic acids is 3. The molecular weight excluding hydrogens is 288 g/mol. The van der Waals surface area contributed by atoms with Crippen molar-refractivity contribution in [1.29, 1.82) is 0 Å². The maximum absolute atomic E-state index is 12.0. The third kappa shape index (κ3) is 2.36. The fourth-order valence-electron chi connectivity index (χ4n) is 1.52. The predicted octanol–water partition coefficient (Wildman–Crippen LogP) is 0.548. The molecule has 2 rings (SSSR count). The number of nitrogens with zero attached hydrogens (tertiary/aromatic N) is 1. The van der Waals surface area contributed by atoms with Crippen molar-refractivity contribution in [2.75, 3.05) is 13.1 Å². The van der Waals surface area contributed by atoms with Crippen molar-refractivity contribution in [3.63, 3.8) is 0 Å². The minimum absolute atomic E-state index is 0.208. The van der Waals surface area contributed by atoms with E-state index in [-0.39, 0.29) is 6.54 Å². The van der Waals surface area contributed by atoms with E-state index in [1.165, 1.54) is 0 Å². The summed E-state index contributed by atoms with van der Waals surface area (Å²) in [6, 6.07) is 6.63. The van der Waals surface area contributed by atoms with Crippen molar-refractivity contribution in [2.45, 2.75) is 0 Å². The van der Waals surface area contributed by atoms with Crippen molar-refractivity contribution < 1.29 is 14.4 Å². The van der Waals surface area contributed by atoms with E-state index in [1.54, 1.807) is 24.3 Å². The Morgan fingerprint density at radius 1 is 1.24 bits per heavy atom. The van der Waals surface area contributed by atoms with E-state index in [9.17, 15) is 14.4 Å². The van der Waals surface area contributed by atoms with Gasteiger partial charge >= 0.3 is 11.8 Å². The zero-order valence-electron chi connectivity index (χ0n) is 8.77. The summed E-state index contributed by atoms with van der Waals surface area (Å²) in [7, 11) is 0. The molecule has 1 N–H and O–H groups in total. The Balaban J connectivity index is 2.22. The van der Waals surface area contributed by atoms with Crippen molar-refractivity contribution >= 4 is 33.7 Å². The Kier molecular flexibility index (Phi) is 3.23. The summed E-state index contributed by atoms with van der Waals surface area (Å²) < 4.78 is 0.844. The van der Waals surface area contributed by atoms with E-state index in [2.05, 4.69) is 21.2 Å². The largest absolute Gasteiger partial charge is 0.346 e. The first-order valence-corrected chi connectivity index (χ1v) is 5.78. The molecule has 0 bridgehead atoms. The highest BCUT2D eigenvalue weighted by Crippen LogP contribution is 2.13. The molecule has 0 spiro atoms. The van der Waals surface area contributed by atoms with Gasteiger partial charge in [-0.1, -0.05) is 15.9 Å². The average molecular weight is 297 g/mol. The molecule has 1 fully saturated rings. The number of piperazine rings is 1. The van der Waals surface area contributed by atoms with E-state index in [1.807, 2.05) is 0 Å². The van der Waals surface area contributed by atoms with Crippen LogP contribution >= 0.6 is 15.9 Å². The molecular formula is C11H9BrN2O3. The standard InChI is InChI=1S/C11H9BrN2O3/c12-8-3-1-7(2-4-8)10(16)14-6-5-13-9(15)11(14)17/h1-4H,5-6H2,(H,13,15). The van der Waals surface area contributed by atoms with Crippen LogP contribution < -0.4 is 5.32 Å². The molecule has 17 heavy (non-hydrogen) atoms. The normalized spacial score (nSPS) is 15.7. The SMILES string of the molecule is O=C1NCCN(C(=O)c2ccc(Br)cc2)C1=O. The highest BCUT2D eigenvalue weighted by atomic mass is 79.9. The molecule has 88 valence electrons. The summed E-state index contributed by atoms with van der Waals surface area (Å²) in [4.78, 5) is 35.6. The van der Waals surface area contributed by atoms with E-state index >= 15 is 0 Å². The maximum Gasteiger partial charge on any atom is 0.318 e. The zero-order valence-corrected chi connectivity index (χ0v) is 10.4. The lowest BCUT2D eigenvalue weighted by molar-refractivity contribution is -0.146. The average Bonchev–Trinajstić information content (AvgIpc) is 2.33. The van der Waals surface area contributed by atoms with Crippen LogP contribution in [0.4, 0.5) is 0 Å². The summed E-state index contributed by atoms with van der Waals surface area (Å²) in [5.41, 5.74) is 0.385. The second kappa shape index (κ2) is 4.67. The second-order valence-corrected chi connectivity index (χ2v) is 4.44. The van der Waals surface area contributed by atoms with E-state index in [0.29, 0.717) is 12.1 Å². The number of imide groups is 1. The third-order valence-corrected chi connectivity index (χ3v) is 2.93. The Hall–Kier alpha value is -1.69. The molecule has 3 amide bonds. The minimum Gasteiger partial charge on any atom is -0.346 e. The number of hydrogen-bond acceptors (Lipinski definition) is 3.